The normalized spacial score (nSPS) is 15.2. The lowest BCUT2D eigenvalue weighted by molar-refractivity contribution is 0.761. The molecule has 1 heteroatoms. The molecule has 0 aromatic carbocycles. The molecule has 0 bridgehead atoms. The van der Waals surface area contributed by atoms with Crippen molar-refractivity contribution in [2.75, 3.05) is 0 Å². The Kier molecular flexibility index (Phi) is 0.502. The van der Waals surface area contributed by atoms with Gasteiger partial charge in [0.1, 0.15) is 0 Å². The lowest BCUT2D eigenvalue weighted by Crippen LogP contribution is -1.85. The molecule has 6 heavy (non-hydrogen) atoms. The Morgan fingerprint density at radius 2 is 2.17 bits per heavy atom. The highest BCUT2D eigenvalue weighted by atomic mass is 15.2. The van der Waals surface area contributed by atoms with Gasteiger partial charge in [0.05, 0.1) is 0 Å². The van der Waals surface area contributed by atoms with Gasteiger partial charge in [0, 0.05) is 18.1 Å². The van der Waals surface area contributed by atoms with Gasteiger partial charge in [-0.25, -0.2) is 0 Å². The van der Waals surface area contributed by atoms with Crippen LogP contribution in [0, 0.1) is 0 Å². The Hall–Kier alpha value is -0.720. The Morgan fingerprint density at radius 3 is 2.17 bits per heavy atom. The largest absolute Gasteiger partial charge is 0.326 e. The summed E-state index contributed by atoms with van der Waals surface area (Å²) >= 11 is 0. The molecule has 0 fully saturated rings. The quantitative estimate of drug-likeness (QED) is 0.460. The molecule has 0 amide bonds. The molecule has 0 radical (unpaired) electrons. The molecule has 32 valence electrons. The SMILES string of the molecule is C=C(C)N1C=C1. The third-order valence-electron chi connectivity index (χ3n) is 0.739. The molecule has 1 aliphatic heterocycles. The van der Waals surface area contributed by atoms with E-state index in [1.165, 1.54) is 0 Å². The molecule has 1 heterocycles. The summed E-state index contributed by atoms with van der Waals surface area (Å²) in [5.74, 6) is 0. The van der Waals surface area contributed by atoms with E-state index in [1.807, 2.05) is 24.2 Å². The second-order valence-electron chi connectivity index (χ2n) is 1.44. The van der Waals surface area contributed by atoms with Gasteiger partial charge in [-0.1, -0.05) is 6.58 Å². The molecule has 0 saturated heterocycles. The van der Waals surface area contributed by atoms with E-state index in [9.17, 15) is 0 Å². The lowest BCUT2D eigenvalue weighted by atomic mass is 10.6. The summed E-state index contributed by atoms with van der Waals surface area (Å²) in [5.41, 5.74) is 1.09. The smallest absolute Gasteiger partial charge is 0.0251 e. The minimum atomic E-state index is 1.09. The maximum absolute atomic E-state index is 3.68. The van der Waals surface area contributed by atoms with E-state index >= 15 is 0 Å². The average Bonchev–Trinajstić information content (AvgIpc) is 2.06. The monoisotopic (exact) mass is 81.1 g/mol. The molecule has 0 aromatic heterocycles. The first-order valence-corrected chi connectivity index (χ1v) is 1.93. The number of rotatable bonds is 1. The maximum atomic E-state index is 3.68. The Labute approximate surface area is 37.6 Å². The van der Waals surface area contributed by atoms with Gasteiger partial charge in [-0.3, -0.25) is 0 Å². The molecule has 1 rings (SSSR count). The van der Waals surface area contributed by atoms with Crippen LogP contribution in [-0.4, -0.2) is 4.90 Å². The van der Waals surface area contributed by atoms with Crippen LogP contribution >= 0.6 is 0 Å². The van der Waals surface area contributed by atoms with Crippen molar-refractivity contribution in [2.24, 2.45) is 0 Å². The molecule has 0 saturated carbocycles. The summed E-state index contributed by atoms with van der Waals surface area (Å²) in [7, 11) is 0. The Bertz CT molecular complexity index is 96.5. The van der Waals surface area contributed by atoms with Crippen molar-refractivity contribution in [3.8, 4) is 0 Å². The van der Waals surface area contributed by atoms with E-state index < -0.39 is 0 Å². The minimum Gasteiger partial charge on any atom is -0.326 e. The van der Waals surface area contributed by atoms with Crippen molar-refractivity contribution < 1.29 is 0 Å². The van der Waals surface area contributed by atoms with Crippen LogP contribution in [0.5, 0.6) is 0 Å². The fraction of sp³-hybridized carbons (Fsp3) is 0.200. The summed E-state index contributed by atoms with van der Waals surface area (Å²) in [5, 5.41) is 0. The first kappa shape index (κ1) is 3.47. The molecule has 0 N–H and O–H groups in total. The first-order chi connectivity index (χ1) is 2.80. The fourth-order valence-electron chi connectivity index (χ4n) is 0.288. The zero-order valence-corrected chi connectivity index (χ0v) is 3.81. The van der Waals surface area contributed by atoms with Crippen LogP contribution in [0.1, 0.15) is 6.92 Å². The van der Waals surface area contributed by atoms with Crippen LogP contribution in [0.2, 0.25) is 0 Å². The second kappa shape index (κ2) is 0.869. The first-order valence-electron chi connectivity index (χ1n) is 1.93. The van der Waals surface area contributed by atoms with E-state index in [0.29, 0.717) is 0 Å². The second-order valence-corrected chi connectivity index (χ2v) is 1.44. The maximum Gasteiger partial charge on any atom is 0.0251 e. The van der Waals surface area contributed by atoms with Crippen LogP contribution in [0.4, 0.5) is 0 Å². The van der Waals surface area contributed by atoms with E-state index in [0.717, 1.165) is 5.70 Å². The van der Waals surface area contributed by atoms with E-state index in [1.54, 1.807) is 0 Å². The molecule has 1 nitrogen and oxygen atoms in total. The molecule has 0 aliphatic carbocycles. The van der Waals surface area contributed by atoms with Crippen molar-refractivity contribution in [1.82, 2.24) is 4.90 Å². The van der Waals surface area contributed by atoms with Crippen molar-refractivity contribution in [1.29, 1.82) is 0 Å². The molecule has 0 atom stereocenters. The lowest BCUT2D eigenvalue weighted by Gasteiger charge is -1.94. The number of hydrogen-bond donors (Lipinski definition) is 0. The highest BCUT2D eigenvalue weighted by molar-refractivity contribution is 5.13. The van der Waals surface area contributed by atoms with Crippen LogP contribution in [-0.2, 0) is 0 Å². The third-order valence-corrected chi connectivity index (χ3v) is 0.739. The zero-order chi connectivity index (χ0) is 4.57. The van der Waals surface area contributed by atoms with Gasteiger partial charge in [-0.2, -0.15) is 0 Å². The van der Waals surface area contributed by atoms with Gasteiger partial charge in [0.2, 0.25) is 0 Å². The summed E-state index contributed by atoms with van der Waals surface area (Å²) in [6.07, 6.45) is 3.95. The Morgan fingerprint density at radius 1 is 1.67 bits per heavy atom. The molecular weight excluding hydrogens is 74.1 g/mol. The predicted octanol–water partition coefficient (Wildman–Crippen LogP) is 1.31. The van der Waals surface area contributed by atoms with Crippen LogP contribution in [0.15, 0.2) is 24.7 Å². The molecule has 0 spiro atoms. The highest BCUT2D eigenvalue weighted by Crippen LogP contribution is 2.12. The van der Waals surface area contributed by atoms with Crippen LogP contribution in [0.3, 0.4) is 0 Å². The van der Waals surface area contributed by atoms with Gasteiger partial charge >= 0.3 is 0 Å². The average molecular weight is 81.1 g/mol. The van der Waals surface area contributed by atoms with Gasteiger partial charge in [-0.05, 0) is 6.92 Å². The molecular formula is C5H7N. The van der Waals surface area contributed by atoms with E-state index in [-0.39, 0.29) is 0 Å². The van der Waals surface area contributed by atoms with Gasteiger partial charge < -0.3 is 4.90 Å². The molecule has 0 aromatic rings. The number of nitrogens with zero attached hydrogens (tertiary/aromatic N) is 1. The topological polar surface area (TPSA) is 3.01 Å². The van der Waals surface area contributed by atoms with E-state index in [4.69, 9.17) is 0 Å². The number of hydrogen-bond acceptors (Lipinski definition) is 1. The Balaban J connectivity index is 2.35. The fourth-order valence-corrected chi connectivity index (χ4v) is 0.288. The number of allylic oxidation sites excluding steroid dienone is 1. The van der Waals surface area contributed by atoms with Gasteiger partial charge in [0.25, 0.3) is 0 Å². The predicted molar refractivity (Wildman–Crippen MR) is 25.8 cm³/mol. The molecule has 1 aliphatic rings. The summed E-state index contributed by atoms with van der Waals surface area (Å²) in [4.78, 5) is 1.97. The summed E-state index contributed by atoms with van der Waals surface area (Å²) < 4.78 is 0. The van der Waals surface area contributed by atoms with Crippen LogP contribution in [0.25, 0.3) is 0 Å². The van der Waals surface area contributed by atoms with Crippen LogP contribution < -0.4 is 0 Å². The van der Waals surface area contributed by atoms with E-state index in [2.05, 4.69) is 6.58 Å². The van der Waals surface area contributed by atoms with Crippen molar-refractivity contribution in [3.05, 3.63) is 24.7 Å². The standard InChI is InChI=1S/C5H7N/c1-5(2)6-3-4-6/h3-4H,1H2,2H3. The molecule has 0 unspecified atom stereocenters. The van der Waals surface area contributed by atoms with Crippen molar-refractivity contribution in [3.63, 3.8) is 0 Å². The third kappa shape index (κ3) is 0.432. The summed E-state index contributed by atoms with van der Waals surface area (Å²) in [6, 6.07) is 0. The van der Waals surface area contributed by atoms with Gasteiger partial charge in [0.15, 0.2) is 0 Å². The van der Waals surface area contributed by atoms with Crippen molar-refractivity contribution in [2.45, 2.75) is 6.92 Å². The zero-order valence-electron chi connectivity index (χ0n) is 3.81. The minimum absolute atomic E-state index is 1.09. The highest BCUT2D eigenvalue weighted by Gasteiger charge is 2.02. The van der Waals surface area contributed by atoms with Gasteiger partial charge in [-0.15, -0.1) is 0 Å². The van der Waals surface area contributed by atoms with Crippen molar-refractivity contribution >= 4 is 0 Å². The summed E-state index contributed by atoms with van der Waals surface area (Å²) in [6.45, 7) is 5.65.